The molecule has 0 bridgehead atoms. The van der Waals surface area contributed by atoms with Crippen molar-refractivity contribution in [3.63, 3.8) is 0 Å². The molecule has 0 unspecified atom stereocenters. The average Bonchev–Trinajstić information content (AvgIpc) is 2.74. The number of hydrogen-bond donors (Lipinski definition) is 1. The van der Waals surface area contributed by atoms with E-state index in [1.807, 2.05) is 54.6 Å². The van der Waals surface area contributed by atoms with Gasteiger partial charge < -0.3 is 0 Å². The Kier molecular flexibility index (Phi) is 6.58. The second kappa shape index (κ2) is 9.14. The van der Waals surface area contributed by atoms with Gasteiger partial charge in [-0.1, -0.05) is 0 Å². The Hall–Kier alpha value is -1.11. The van der Waals surface area contributed by atoms with Crippen LogP contribution in [0.3, 0.4) is 0 Å². The van der Waals surface area contributed by atoms with Gasteiger partial charge >= 0.3 is 180 Å². The minimum atomic E-state index is -2.96. The Labute approximate surface area is 179 Å². The molecule has 3 aromatic carbocycles. The fraction of sp³-hybridized carbons (Fsp3) is 0.217. The molecule has 0 radical (unpaired) electrons. The van der Waals surface area contributed by atoms with Crippen LogP contribution in [0, 0.1) is 0 Å². The van der Waals surface area contributed by atoms with E-state index in [9.17, 15) is 9.67 Å². The van der Waals surface area contributed by atoms with E-state index in [4.69, 9.17) is 0 Å². The van der Waals surface area contributed by atoms with Crippen molar-refractivity contribution in [2.24, 2.45) is 0 Å². The molecule has 0 saturated heterocycles. The predicted molar refractivity (Wildman–Crippen MR) is 120 cm³/mol. The van der Waals surface area contributed by atoms with Gasteiger partial charge in [-0.05, 0) is 0 Å². The SMILES string of the molecule is O=P1(c2ccccc2)c2ccccc2C[Se]CC(O)C[Se]Cc2ccccc21. The molecule has 1 N–H and O–H groups in total. The molecule has 144 valence electrons. The van der Waals surface area contributed by atoms with Gasteiger partial charge in [-0.25, -0.2) is 0 Å². The van der Waals surface area contributed by atoms with Gasteiger partial charge in [-0.3, -0.25) is 0 Å². The molecule has 4 rings (SSSR count). The third-order valence-corrected chi connectivity index (χ3v) is 12.9. The van der Waals surface area contributed by atoms with E-state index in [2.05, 4.69) is 24.3 Å². The van der Waals surface area contributed by atoms with Crippen molar-refractivity contribution in [1.82, 2.24) is 0 Å². The van der Waals surface area contributed by atoms with Crippen LogP contribution in [0.4, 0.5) is 0 Å². The fourth-order valence-electron chi connectivity index (χ4n) is 3.58. The molecule has 0 aromatic heterocycles. The molecule has 0 spiro atoms. The molecule has 3 aromatic rings. The van der Waals surface area contributed by atoms with Crippen LogP contribution in [0.15, 0.2) is 78.9 Å². The van der Waals surface area contributed by atoms with Gasteiger partial charge in [-0.2, -0.15) is 0 Å². The maximum absolute atomic E-state index is 14.9. The van der Waals surface area contributed by atoms with Crippen molar-refractivity contribution in [1.29, 1.82) is 0 Å². The summed E-state index contributed by atoms with van der Waals surface area (Å²) < 4.78 is 14.9. The van der Waals surface area contributed by atoms with E-state index in [1.54, 1.807) is 0 Å². The van der Waals surface area contributed by atoms with Crippen LogP contribution in [-0.2, 0) is 15.2 Å². The summed E-state index contributed by atoms with van der Waals surface area (Å²) in [5.41, 5.74) is 2.34. The second-order valence-electron chi connectivity index (χ2n) is 6.89. The molecule has 28 heavy (non-hydrogen) atoms. The zero-order valence-corrected chi connectivity index (χ0v) is 19.9. The zero-order chi connectivity index (χ0) is 19.4. The minimum absolute atomic E-state index is 0.195. The quantitative estimate of drug-likeness (QED) is 0.396. The molecule has 1 heterocycles. The predicted octanol–water partition coefficient (Wildman–Crippen LogP) is 2.95. The van der Waals surface area contributed by atoms with E-state index in [1.165, 1.54) is 11.1 Å². The first-order valence-corrected chi connectivity index (χ1v) is 15.9. The molecular weight excluding hydrogens is 497 g/mol. The molecule has 0 aliphatic carbocycles. The van der Waals surface area contributed by atoms with Crippen molar-refractivity contribution in [3.05, 3.63) is 90.0 Å². The average molecular weight is 520 g/mol. The summed E-state index contributed by atoms with van der Waals surface area (Å²) in [6.45, 7) is 0. The normalized spacial score (nSPS) is 23.0. The number of aliphatic hydroxyl groups is 1. The summed E-state index contributed by atoms with van der Waals surface area (Å²) in [6, 6.07) is 26.5. The van der Waals surface area contributed by atoms with Crippen molar-refractivity contribution < 1.29 is 9.67 Å². The Bertz CT molecular complexity index is 933. The van der Waals surface area contributed by atoms with Crippen molar-refractivity contribution in [2.75, 3.05) is 0 Å². The molecular formula is C23H23O2PSe2. The Morgan fingerprint density at radius 2 is 1.18 bits per heavy atom. The van der Waals surface area contributed by atoms with Gasteiger partial charge in [-0.15, -0.1) is 0 Å². The van der Waals surface area contributed by atoms with Gasteiger partial charge in [0.15, 0.2) is 0 Å². The number of rotatable bonds is 1. The van der Waals surface area contributed by atoms with E-state index in [0.29, 0.717) is 29.9 Å². The van der Waals surface area contributed by atoms with Crippen molar-refractivity contribution in [2.45, 2.75) is 27.4 Å². The van der Waals surface area contributed by atoms with Gasteiger partial charge in [0.2, 0.25) is 0 Å². The van der Waals surface area contributed by atoms with E-state index >= 15 is 0 Å². The van der Waals surface area contributed by atoms with Gasteiger partial charge in [0.05, 0.1) is 0 Å². The Balaban J connectivity index is 1.97. The third kappa shape index (κ3) is 4.10. The number of hydrogen-bond acceptors (Lipinski definition) is 2. The first kappa shape index (κ1) is 20.2. The summed E-state index contributed by atoms with van der Waals surface area (Å²) >= 11 is 0.623. The van der Waals surface area contributed by atoms with Crippen LogP contribution in [-0.4, -0.2) is 41.1 Å². The van der Waals surface area contributed by atoms with Crippen molar-refractivity contribution in [3.8, 4) is 0 Å². The Morgan fingerprint density at radius 1 is 0.714 bits per heavy atom. The van der Waals surface area contributed by atoms with E-state index < -0.39 is 7.14 Å². The van der Waals surface area contributed by atoms with E-state index in [0.717, 1.165) is 37.2 Å². The molecule has 0 atom stereocenters. The fourth-order valence-corrected chi connectivity index (χ4v) is 12.0. The summed E-state index contributed by atoms with van der Waals surface area (Å²) in [6.07, 6.45) is -0.195. The van der Waals surface area contributed by atoms with Crippen LogP contribution in [0.5, 0.6) is 0 Å². The monoisotopic (exact) mass is 522 g/mol. The first-order chi connectivity index (χ1) is 13.7. The van der Waals surface area contributed by atoms with Gasteiger partial charge in [0.25, 0.3) is 0 Å². The van der Waals surface area contributed by atoms with Gasteiger partial charge in [0.1, 0.15) is 0 Å². The van der Waals surface area contributed by atoms with Crippen LogP contribution >= 0.6 is 7.14 Å². The van der Waals surface area contributed by atoms with Crippen LogP contribution in [0.2, 0.25) is 10.6 Å². The van der Waals surface area contributed by atoms with Crippen LogP contribution in [0.25, 0.3) is 0 Å². The Morgan fingerprint density at radius 3 is 1.71 bits per heavy atom. The summed E-state index contributed by atoms with van der Waals surface area (Å²) in [7, 11) is -2.96. The summed E-state index contributed by atoms with van der Waals surface area (Å²) in [4.78, 5) is 0. The molecule has 1 aliphatic heterocycles. The number of aliphatic hydroxyl groups excluding tert-OH is 1. The van der Waals surface area contributed by atoms with E-state index in [-0.39, 0.29) is 6.10 Å². The topological polar surface area (TPSA) is 37.3 Å². The molecule has 0 fully saturated rings. The molecule has 2 nitrogen and oxygen atoms in total. The van der Waals surface area contributed by atoms with Crippen LogP contribution < -0.4 is 15.9 Å². The standard InChI is InChI=1S/C23H23O2PSe2/c24-20-16-27-14-18-8-4-6-12-22(18)26(25,21-10-2-1-3-11-21)23-13-7-5-9-19(23)15-28-17-20/h1-13,20,24H,14-17H2. The number of benzene rings is 3. The summed E-state index contributed by atoms with van der Waals surface area (Å²) in [5.74, 6) is 0. The first-order valence-electron chi connectivity index (χ1n) is 9.36. The number of fused-ring (bicyclic) bond motifs is 2. The third-order valence-electron chi connectivity index (χ3n) is 4.92. The zero-order valence-electron chi connectivity index (χ0n) is 15.5. The van der Waals surface area contributed by atoms with Crippen molar-refractivity contribution >= 4 is 53.0 Å². The molecule has 0 amide bonds. The molecule has 0 saturated carbocycles. The summed E-state index contributed by atoms with van der Waals surface area (Å²) in [5, 5.41) is 16.8. The van der Waals surface area contributed by atoms with Gasteiger partial charge in [0, 0.05) is 0 Å². The molecule has 5 heteroatoms. The second-order valence-corrected chi connectivity index (χ2v) is 13.9. The van der Waals surface area contributed by atoms with Crippen LogP contribution in [0.1, 0.15) is 11.1 Å². The maximum atomic E-state index is 14.9. The molecule has 1 aliphatic rings.